The van der Waals surface area contributed by atoms with Crippen LogP contribution in [0.3, 0.4) is 0 Å². The summed E-state index contributed by atoms with van der Waals surface area (Å²) in [4.78, 5) is 19.0. The number of carbonyl (C=O) groups is 1. The van der Waals surface area contributed by atoms with Crippen LogP contribution in [0.15, 0.2) is 42.9 Å². The number of amides is 1. The van der Waals surface area contributed by atoms with E-state index in [1.807, 2.05) is 24.4 Å². The van der Waals surface area contributed by atoms with Gasteiger partial charge in [0.1, 0.15) is 0 Å². The van der Waals surface area contributed by atoms with Crippen LogP contribution < -0.4 is 5.32 Å². The molecular formula is C15H17N3O. The van der Waals surface area contributed by atoms with Crippen LogP contribution >= 0.6 is 0 Å². The number of nitrogens with one attached hydrogen (secondary N) is 2. The monoisotopic (exact) mass is 255 g/mol. The lowest BCUT2D eigenvalue weighted by molar-refractivity contribution is -0.122. The van der Waals surface area contributed by atoms with Crippen molar-refractivity contribution in [2.24, 2.45) is 5.92 Å². The summed E-state index contributed by atoms with van der Waals surface area (Å²) in [5.74, 6) is 0.617. The molecule has 1 aliphatic rings. The molecule has 1 aliphatic carbocycles. The normalized spacial score (nSPS) is 21.1. The van der Waals surface area contributed by atoms with E-state index in [1.165, 1.54) is 5.56 Å². The molecule has 3 rings (SSSR count). The molecule has 1 aromatic carbocycles. The van der Waals surface area contributed by atoms with E-state index in [0.29, 0.717) is 12.5 Å². The molecule has 1 saturated carbocycles. The predicted molar refractivity (Wildman–Crippen MR) is 72.6 cm³/mol. The average Bonchev–Trinajstić information content (AvgIpc) is 3.06. The van der Waals surface area contributed by atoms with Gasteiger partial charge in [-0.1, -0.05) is 30.3 Å². The van der Waals surface area contributed by atoms with Gasteiger partial charge in [0.05, 0.1) is 6.33 Å². The van der Waals surface area contributed by atoms with Gasteiger partial charge in [0.15, 0.2) is 0 Å². The van der Waals surface area contributed by atoms with Crippen molar-refractivity contribution in [3.05, 3.63) is 54.1 Å². The molecule has 0 unspecified atom stereocenters. The number of H-pyrrole nitrogens is 1. The van der Waals surface area contributed by atoms with Crippen molar-refractivity contribution >= 4 is 5.91 Å². The summed E-state index contributed by atoms with van der Waals surface area (Å²) in [5, 5.41) is 3.01. The molecule has 0 spiro atoms. The van der Waals surface area contributed by atoms with Crippen LogP contribution in [0, 0.1) is 5.92 Å². The van der Waals surface area contributed by atoms with Crippen molar-refractivity contribution in [3.8, 4) is 0 Å². The Bertz CT molecular complexity index is 536. The molecule has 98 valence electrons. The maximum Gasteiger partial charge on any atom is 0.223 e. The molecule has 1 fully saturated rings. The summed E-state index contributed by atoms with van der Waals surface area (Å²) in [6, 6.07) is 10.2. The molecule has 1 aromatic heterocycles. The number of hydrogen-bond donors (Lipinski definition) is 2. The van der Waals surface area contributed by atoms with Gasteiger partial charge in [-0.15, -0.1) is 0 Å². The zero-order chi connectivity index (χ0) is 13.1. The first-order valence-corrected chi connectivity index (χ1v) is 6.64. The summed E-state index contributed by atoms with van der Waals surface area (Å²) in [5.41, 5.74) is 2.33. The van der Waals surface area contributed by atoms with E-state index in [-0.39, 0.29) is 11.8 Å². The number of rotatable bonds is 5. The first-order chi connectivity index (χ1) is 9.34. The van der Waals surface area contributed by atoms with Crippen LogP contribution in [0.5, 0.6) is 0 Å². The molecule has 2 aromatic rings. The van der Waals surface area contributed by atoms with Gasteiger partial charge >= 0.3 is 0 Å². The van der Waals surface area contributed by atoms with E-state index in [1.54, 1.807) is 6.33 Å². The lowest BCUT2D eigenvalue weighted by Gasteiger charge is -2.04. The summed E-state index contributed by atoms with van der Waals surface area (Å²) in [7, 11) is 0. The van der Waals surface area contributed by atoms with Crippen LogP contribution in [0.4, 0.5) is 0 Å². The van der Waals surface area contributed by atoms with Gasteiger partial charge in [-0.2, -0.15) is 0 Å². The molecule has 2 N–H and O–H groups in total. The fourth-order valence-electron chi connectivity index (χ4n) is 2.40. The maximum absolute atomic E-state index is 12.0. The summed E-state index contributed by atoms with van der Waals surface area (Å²) < 4.78 is 0. The minimum absolute atomic E-state index is 0.122. The van der Waals surface area contributed by atoms with Crippen LogP contribution in [-0.4, -0.2) is 22.4 Å². The molecule has 1 amide bonds. The van der Waals surface area contributed by atoms with E-state index >= 15 is 0 Å². The third-order valence-corrected chi connectivity index (χ3v) is 3.60. The third-order valence-electron chi connectivity index (χ3n) is 3.60. The number of imidazole rings is 1. The minimum Gasteiger partial charge on any atom is -0.356 e. The highest BCUT2D eigenvalue weighted by Crippen LogP contribution is 2.46. The number of benzene rings is 1. The van der Waals surface area contributed by atoms with Crippen molar-refractivity contribution in [3.63, 3.8) is 0 Å². The first kappa shape index (κ1) is 12.0. The molecule has 2 atom stereocenters. The Hall–Kier alpha value is -2.10. The van der Waals surface area contributed by atoms with E-state index < -0.39 is 0 Å². The lowest BCUT2D eigenvalue weighted by Crippen LogP contribution is -2.27. The Morgan fingerprint density at radius 2 is 2.21 bits per heavy atom. The number of carbonyl (C=O) groups excluding carboxylic acids is 1. The zero-order valence-electron chi connectivity index (χ0n) is 10.7. The highest BCUT2D eigenvalue weighted by molar-refractivity contribution is 5.82. The molecule has 19 heavy (non-hydrogen) atoms. The van der Waals surface area contributed by atoms with Crippen LogP contribution in [-0.2, 0) is 11.2 Å². The predicted octanol–water partition coefficient (Wildman–Crippen LogP) is 1.87. The standard InChI is InChI=1S/C15H17N3O/c19-15(13-8-12(13)14-9-16-10-18-14)17-7-6-11-4-2-1-3-5-11/h1-5,9-10,12-13H,6-8H2,(H,16,18)(H,17,19)/t12-,13-/m1/s1. The molecule has 0 bridgehead atoms. The Morgan fingerprint density at radius 3 is 2.95 bits per heavy atom. The van der Waals surface area contributed by atoms with Crippen LogP contribution in [0.25, 0.3) is 0 Å². The number of hydrogen-bond acceptors (Lipinski definition) is 2. The second-order valence-corrected chi connectivity index (χ2v) is 4.98. The SMILES string of the molecule is O=C(NCCc1ccccc1)[C@@H]1C[C@H]1c1cnc[nH]1. The van der Waals surface area contributed by atoms with Crippen LogP contribution in [0.1, 0.15) is 23.6 Å². The second kappa shape index (κ2) is 5.26. The fraction of sp³-hybridized carbons (Fsp3) is 0.333. The molecule has 0 aliphatic heterocycles. The van der Waals surface area contributed by atoms with Crippen LogP contribution in [0.2, 0.25) is 0 Å². The van der Waals surface area contributed by atoms with E-state index in [4.69, 9.17) is 0 Å². The molecule has 0 saturated heterocycles. The van der Waals surface area contributed by atoms with Gasteiger partial charge < -0.3 is 10.3 Å². The van der Waals surface area contributed by atoms with E-state index in [2.05, 4.69) is 27.4 Å². The Kier molecular flexibility index (Phi) is 3.31. The zero-order valence-corrected chi connectivity index (χ0v) is 10.7. The minimum atomic E-state index is 0.122. The fourth-order valence-corrected chi connectivity index (χ4v) is 2.40. The summed E-state index contributed by atoms with van der Waals surface area (Å²) >= 11 is 0. The number of aromatic amines is 1. The van der Waals surface area contributed by atoms with E-state index in [9.17, 15) is 4.79 Å². The van der Waals surface area contributed by atoms with Crippen molar-refractivity contribution in [1.82, 2.24) is 15.3 Å². The summed E-state index contributed by atoms with van der Waals surface area (Å²) in [6.45, 7) is 0.703. The van der Waals surface area contributed by atoms with Gasteiger partial charge in [-0.25, -0.2) is 4.98 Å². The Labute approximate surface area is 112 Å². The molecule has 4 nitrogen and oxygen atoms in total. The highest BCUT2D eigenvalue weighted by atomic mass is 16.2. The van der Waals surface area contributed by atoms with Gasteiger partial charge in [0.25, 0.3) is 0 Å². The van der Waals surface area contributed by atoms with Crippen molar-refractivity contribution in [2.45, 2.75) is 18.8 Å². The first-order valence-electron chi connectivity index (χ1n) is 6.64. The highest BCUT2D eigenvalue weighted by Gasteiger charge is 2.44. The Morgan fingerprint density at radius 1 is 1.37 bits per heavy atom. The van der Waals surface area contributed by atoms with Crippen molar-refractivity contribution < 1.29 is 4.79 Å². The van der Waals surface area contributed by atoms with Crippen molar-refractivity contribution in [2.75, 3.05) is 6.54 Å². The third kappa shape index (κ3) is 2.84. The molecule has 1 heterocycles. The topological polar surface area (TPSA) is 57.8 Å². The lowest BCUT2D eigenvalue weighted by atomic mass is 10.1. The molecule has 4 heteroatoms. The van der Waals surface area contributed by atoms with E-state index in [0.717, 1.165) is 18.5 Å². The van der Waals surface area contributed by atoms with Crippen molar-refractivity contribution in [1.29, 1.82) is 0 Å². The number of aromatic nitrogens is 2. The largest absolute Gasteiger partial charge is 0.356 e. The molecule has 0 radical (unpaired) electrons. The summed E-state index contributed by atoms with van der Waals surface area (Å²) in [6.07, 6.45) is 5.29. The number of nitrogens with zero attached hydrogens (tertiary/aromatic N) is 1. The van der Waals surface area contributed by atoms with Gasteiger partial charge in [0, 0.05) is 30.3 Å². The van der Waals surface area contributed by atoms with Gasteiger partial charge in [-0.05, 0) is 18.4 Å². The Balaban J connectivity index is 1.43. The molecular weight excluding hydrogens is 238 g/mol. The second-order valence-electron chi connectivity index (χ2n) is 4.98. The van der Waals surface area contributed by atoms with Gasteiger partial charge in [-0.3, -0.25) is 4.79 Å². The quantitative estimate of drug-likeness (QED) is 0.857. The average molecular weight is 255 g/mol. The maximum atomic E-state index is 12.0. The van der Waals surface area contributed by atoms with Gasteiger partial charge in [0.2, 0.25) is 5.91 Å². The smallest absolute Gasteiger partial charge is 0.223 e.